The summed E-state index contributed by atoms with van der Waals surface area (Å²) in [6.45, 7) is 4.06. The lowest BCUT2D eigenvalue weighted by molar-refractivity contribution is -0.117. The van der Waals surface area contributed by atoms with Crippen LogP contribution in [0.5, 0.6) is 0 Å². The van der Waals surface area contributed by atoms with E-state index >= 15 is 0 Å². The molecule has 0 aromatic carbocycles. The number of aromatic nitrogens is 6. The standard InChI is InChI=1S/C31H35N9O/c1-39-9-11-40(12-10-39)27-7-8-33-30-24(27)16-26(36-30)29-25-15-22(18-34-31(25)38-37-29)21-14-23(19-32-17-21)35-28(41)13-20-5-3-2-4-6-20/h7-8,14-20H,2-6,9-13H2,1H3,(H,33,36)(H,35,41)(H,34,37,38). The molecule has 0 unspecified atom stereocenters. The van der Waals surface area contributed by atoms with Crippen LogP contribution in [0.2, 0.25) is 0 Å². The molecule has 2 fully saturated rings. The largest absolute Gasteiger partial charge is 0.368 e. The van der Waals surface area contributed by atoms with Crippen molar-refractivity contribution in [3.05, 3.63) is 49.1 Å². The van der Waals surface area contributed by atoms with Gasteiger partial charge in [-0.25, -0.2) is 9.97 Å². The molecule has 10 heteroatoms. The maximum atomic E-state index is 12.7. The second kappa shape index (κ2) is 10.9. The van der Waals surface area contributed by atoms with Crippen LogP contribution in [-0.2, 0) is 4.79 Å². The molecule has 1 aliphatic carbocycles. The van der Waals surface area contributed by atoms with Gasteiger partial charge >= 0.3 is 0 Å². The molecule has 7 rings (SSSR count). The van der Waals surface area contributed by atoms with Crippen LogP contribution in [0.25, 0.3) is 44.6 Å². The highest BCUT2D eigenvalue weighted by Crippen LogP contribution is 2.34. The highest BCUT2D eigenvalue weighted by Gasteiger charge is 2.20. The first-order valence-corrected chi connectivity index (χ1v) is 14.6. The average molecular weight is 550 g/mol. The van der Waals surface area contributed by atoms with Gasteiger partial charge in [-0.3, -0.25) is 14.9 Å². The summed E-state index contributed by atoms with van der Waals surface area (Å²) in [5.74, 6) is 0.549. The molecule has 0 atom stereocenters. The Morgan fingerprint density at radius 2 is 1.78 bits per heavy atom. The monoisotopic (exact) mass is 549 g/mol. The minimum Gasteiger partial charge on any atom is -0.368 e. The molecule has 6 heterocycles. The number of pyridine rings is 3. The lowest BCUT2D eigenvalue weighted by Crippen LogP contribution is -2.44. The van der Waals surface area contributed by atoms with E-state index in [1.54, 1.807) is 12.4 Å². The fourth-order valence-electron chi connectivity index (χ4n) is 6.26. The van der Waals surface area contributed by atoms with Gasteiger partial charge in [0.1, 0.15) is 11.3 Å². The van der Waals surface area contributed by atoms with Crippen LogP contribution in [0.15, 0.2) is 49.1 Å². The van der Waals surface area contributed by atoms with E-state index in [2.05, 4.69) is 70.5 Å². The maximum Gasteiger partial charge on any atom is 0.224 e. The first-order chi connectivity index (χ1) is 20.1. The number of carbonyl (C=O) groups excluding carboxylic acids is 1. The Kier molecular flexibility index (Phi) is 6.84. The Labute approximate surface area is 238 Å². The fourth-order valence-corrected chi connectivity index (χ4v) is 6.26. The summed E-state index contributed by atoms with van der Waals surface area (Å²) in [4.78, 5) is 34.6. The summed E-state index contributed by atoms with van der Waals surface area (Å²) >= 11 is 0. The minimum absolute atomic E-state index is 0.0601. The number of hydrogen-bond acceptors (Lipinski definition) is 7. The number of hydrogen-bond donors (Lipinski definition) is 3. The zero-order valence-corrected chi connectivity index (χ0v) is 23.4. The number of amides is 1. The van der Waals surface area contributed by atoms with Crippen molar-refractivity contribution in [1.82, 2.24) is 35.0 Å². The Morgan fingerprint density at radius 3 is 2.63 bits per heavy atom. The van der Waals surface area contributed by atoms with Gasteiger partial charge in [0.2, 0.25) is 5.91 Å². The molecule has 5 aromatic heterocycles. The van der Waals surface area contributed by atoms with Crippen molar-refractivity contribution in [2.45, 2.75) is 38.5 Å². The number of H-pyrrole nitrogens is 2. The van der Waals surface area contributed by atoms with Gasteiger partial charge in [-0.2, -0.15) is 5.10 Å². The molecule has 5 aromatic rings. The highest BCUT2D eigenvalue weighted by molar-refractivity contribution is 5.99. The zero-order chi connectivity index (χ0) is 27.8. The number of carbonyl (C=O) groups is 1. The topological polar surface area (TPSA) is 119 Å². The van der Waals surface area contributed by atoms with Crippen LogP contribution >= 0.6 is 0 Å². The van der Waals surface area contributed by atoms with Crippen molar-refractivity contribution < 1.29 is 4.79 Å². The molecule has 0 radical (unpaired) electrons. The molecule has 0 bridgehead atoms. The number of nitrogens with one attached hydrogen (secondary N) is 3. The summed E-state index contributed by atoms with van der Waals surface area (Å²) in [5.41, 5.74) is 6.92. The molecule has 10 nitrogen and oxygen atoms in total. The Balaban J connectivity index is 1.16. The van der Waals surface area contributed by atoms with Crippen molar-refractivity contribution in [2.24, 2.45) is 5.92 Å². The summed E-state index contributed by atoms with van der Waals surface area (Å²) < 4.78 is 0. The van der Waals surface area contributed by atoms with Gasteiger partial charge in [0.15, 0.2) is 5.65 Å². The molecule has 1 saturated carbocycles. The number of nitrogens with zero attached hydrogens (tertiary/aromatic N) is 6. The molecule has 3 N–H and O–H groups in total. The van der Waals surface area contributed by atoms with Crippen LogP contribution in [0, 0.1) is 5.92 Å². The maximum absolute atomic E-state index is 12.7. The van der Waals surface area contributed by atoms with Gasteiger partial charge in [0, 0.05) is 78.8 Å². The zero-order valence-electron chi connectivity index (χ0n) is 23.4. The Hall–Kier alpha value is -4.31. The van der Waals surface area contributed by atoms with Gasteiger partial charge in [-0.05, 0) is 50.1 Å². The fraction of sp³-hybridized carbons (Fsp3) is 0.387. The van der Waals surface area contributed by atoms with Gasteiger partial charge in [-0.15, -0.1) is 0 Å². The quantitative estimate of drug-likeness (QED) is 0.266. The van der Waals surface area contributed by atoms with E-state index in [4.69, 9.17) is 0 Å². The number of fused-ring (bicyclic) bond motifs is 2. The van der Waals surface area contributed by atoms with Gasteiger partial charge in [-0.1, -0.05) is 19.3 Å². The smallest absolute Gasteiger partial charge is 0.224 e. The van der Waals surface area contributed by atoms with E-state index in [9.17, 15) is 4.79 Å². The van der Waals surface area contributed by atoms with Crippen molar-refractivity contribution in [3.8, 4) is 22.5 Å². The molecule has 1 aliphatic heterocycles. The van der Waals surface area contributed by atoms with E-state index in [0.29, 0.717) is 23.7 Å². The molecular weight excluding hydrogens is 514 g/mol. The normalized spacial score (nSPS) is 17.0. The first kappa shape index (κ1) is 25.6. The third kappa shape index (κ3) is 5.27. The molecule has 210 valence electrons. The predicted octanol–water partition coefficient (Wildman–Crippen LogP) is 5.22. The first-order valence-electron chi connectivity index (χ1n) is 14.6. The van der Waals surface area contributed by atoms with Crippen molar-refractivity contribution >= 4 is 39.3 Å². The van der Waals surface area contributed by atoms with Crippen molar-refractivity contribution in [3.63, 3.8) is 0 Å². The molecule has 1 amide bonds. The Bertz CT molecular complexity index is 1690. The third-order valence-corrected chi connectivity index (χ3v) is 8.58. The summed E-state index contributed by atoms with van der Waals surface area (Å²) in [7, 11) is 2.17. The van der Waals surface area contributed by atoms with Crippen molar-refractivity contribution in [1.29, 1.82) is 0 Å². The SMILES string of the molecule is CN1CCN(c2ccnc3[nH]c(-c4n[nH]c5ncc(-c6cncc(NC(=O)CC7CCCCC7)c6)cc45)cc23)CC1. The highest BCUT2D eigenvalue weighted by atomic mass is 16.1. The Morgan fingerprint density at radius 1 is 0.951 bits per heavy atom. The number of anilines is 2. The van der Waals surface area contributed by atoms with E-state index in [1.165, 1.54) is 24.9 Å². The number of likely N-dealkylation sites (N-methyl/N-ethyl adjacent to an activating group) is 1. The van der Waals surface area contributed by atoms with Crippen LogP contribution in [0.3, 0.4) is 0 Å². The number of piperazine rings is 1. The van der Waals surface area contributed by atoms with Crippen LogP contribution in [0.1, 0.15) is 38.5 Å². The second-order valence-corrected chi connectivity index (χ2v) is 11.5. The van der Waals surface area contributed by atoms with Gasteiger partial charge in [0.05, 0.1) is 17.6 Å². The summed E-state index contributed by atoms with van der Waals surface area (Å²) in [6, 6.07) is 8.28. The van der Waals surface area contributed by atoms with E-state index < -0.39 is 0 Å². The molecule has 1 saturated heterocycles. The number of aromatic amines is 2. The summed E-state index contributed by atoms with van der Waals surface area (Å²) in [5, 5.41) is 12.8. The lowest BCUT2D eigenvalue weighted by atomic mass is 9.87. The predicted molar refractivity (Wildman–Crippen MR) is 162 cm³/mol. The van der Waals surface area contributed by atoms with E-state index in [-0.39, 0.29) is 5.91 Å². The lowest BCUT2D eigenvalue weighted by Gasteiger charge is -2.34. The van der Waals surface area contributed by atoms with Gasteiger partial charge < -0.3 is 20.1 Å². The molecular formula is C31H35N9O. The molecule has 2 aliphatic rings. The molecule has 0 spiro atoms. The van der Waals surface area contributed by atoms with Crippen molar-refractivity contribution in [2.75, 3.05) is 43.4 Å². The molecule has 41 heavy (non-hydrogen) atoms. The summed E-state index contributed by atoms with van der Waals surface area (Å²) in [6.07, 6.45) is 13.8. The second-order valence-electron chi connectivity index (χ2n) is 11.5. The minimum atomic E-state index is 0.0601. The van der Waals surface area contributed by atoms with Gasteiger partial charge in [0.25, 0.3) is 0 Å². The van der Waals surface area contributed by atoms with Crippen LogP contribution < -0.4 is 10.2 Å². The third-order valence-electron chi connectivity index (χ3n) is 8.58. The van der Waals surface area contributed by atoms with Crippen LogP contribution in [0.4, 0.5) is 11.4 Å². The number of rotatable bonds is 6. The van der Waals surface area contributed by atoms with Crippen LogP contribution in [-0.4, -0.2) is 74.2 Å². The van der Waals surface area contributed by atoms with E-state index in [1.807, 2.05) is 18.5 Å². The average Bonchev–Trinajstić information content (AvgIpc) is 3.62. The van der Waals surface area contributed by atoms with E-state index in [0.717, 1.165) is 78.0 Å².